The Kier molecular flexibility index (Phi) is 7.19. The Bertz CT molecular complexity index is 365. The van der Waals surface area contributed by atoms with Crippen LogP contribution in [0.25, 0.3) is 0 Å². The Hall–Kier alpha value is -0.860. The number of nitrogens with zero attached hydrogens (tertiary/aromatic N) is 2. The van der Waals surface area contributed by atoms with E-state index in [0.29, 0.717) is 6.54 Å². The van der Waals surface area contributed by atoms with Crippen molar-refractivity contribution in [2.45, 2.75) is 40.2 Å². The monoisotopic (exact) mass is 280 g/mol. The van der Waals surface area contributed by atoms with Crippen molar-refractivity contribution in [3.8, 4) is 0 Å². The minimum atomic E-state index is -3.53. The third-order valence-corrected chi connectivity index (χ3v) is 4.03. The molecule has 0 aromatic heterocycles. The van der Waals surface area contributed by atoms with Gasteiger partial charge in [-0.25, -0.2) is 4.72 Å². The molecule has 0 heterocycles. The zero-order valence-electron chi connectivity index (χ0n) is 11.4. The standard InChI is InChI=1S/C10H24N4O3S/c1-8(2)7-12-18(16,17)14(9(3)4)6-5-10(11)13-15/h8-9,12,15H,5-7H2,1-4H3,(H2,11,13). The molecule has 0 spiro atoms. The van der Waals surface area contributed by atoms with Gasteiger partial charge in [0.15, 0.2) is 0 Å². The van der Waals surface area contributed by atoms with Crippen LogP contribution in [0.3, 0.4) is 0 Å². The highest BCUT2D eigenvalue weighted by Crippen LogP contribution is 2.07. The summed E-state index contributed by atoms with van der Waals surface area (Å²) in [6.45, 7) is 7.98. The number of amidine groups is 1. The van der Waals surface area contributed by atoms with Crippen molar-refractivity contribution in [3.63, 3.8) is 0 Å². The maximum Gasteiger partial charge on any atom is 0.279 e. The molecule has 0 fully saturated rings. The van der Waals surface area contributed by atoms with Crippen LogP contribution >= 0.6 is 0 Å². The van der Waals surface area contributed by atoms with Crippen LogP contribution in [0.4, 0.5) is 0 Å². The average molecular weight is 280 g/mol. The first kappa shape index (κ1) is 17.1. The normalized spacial score (nSPS) is 13.8. The third kappa shape index (κ3) is 6.18. The Morgan fingerprint density at radius 3 is 2.33 bits per heavy atom. The van der Waals surface area contributed by atoms with E-state index in [1.807, 2.05) is 13.8 Å². The zero-order chi connectivity index (χ0) is 14.3. The molecular formula is C10H24N4O3S. The van der Waals surface area contributed by atoms with Gasteiger partial charge in [0.05, 0.1) is 0 Å². The quantitative estimate of drug-likeness (QED) is 0.257. The molecule has 0 aliphatic heterocycles. The Morgan fingerprint density at radius 1 is 1.39 bits per heavy atom. The highest BCUT2D eigenvalue weighted by molar-refractivity contribution is 7.87. The van der Waals surface area contributed by atoms with Crippen LogP contribution in [0.15, 0.2) is 5.16 Å². The Balaban J connectivity index is 4.67. The molecule has 8 heteroatoms. The minimum absolute atomic E-state index is 0.0136. The molecule has 108 valence electrons. The van der Waals surface area contributed by atoms with E-state index in [1.165, 1.54) is 4.31 Å². The minimum Gasteiger partial charge on any atom is -0.409 e. The maximum atomic E-state index is 12.0. The van der Waals surface area contributed by atoms with Gasteiger partial charge >= 0.3 is 0 Å². The fourth-order valence-corrected chi connectivity index (χ4v) is 2.88. The average Bonchev–Trinajstić information content (AvgIpc) is 2.25. The van der Waals surface area contributed by atoms with E-state index in [4.69, 9.17) is 10.9 Å². The molecule has 0 aliphatic rings. The zero-order valence-corrected chi connectivity index (χ0v) is 12.2. The van der Waals surface area contributed by atoms with Crippen LogP contribution in [0, 0.1) is 5.92 Å². The molecule has 0 rings (SSSR count). The molecule has 0 aromatic rings. The lowest BCUT2D eigenvalue weighted by Gasteiger charge is -2.26. The van der Waals surface area contributed by atoms with E-state index in [2.05, 4.69) is 9.88 Å². The first-order chi connectivity index (χ1) is 8.20. The van der Waals surface area contributed by atoms with Gasteiger partial charge in [-0.15, -0.1) is 0 Å². The lowest BCUT2D eigenvalue weighted by molar-refractivity contribution is 0.313. The van der Waals surface area contributed by atoms with Crippen molar-refractivity contribution in [1.29, 1.82) is 0 Å². The lowest BCUT2D eigenvalue weighted by Crippen LogP contribution is -2.46. The summed E-state index contributed by atoms with van der Waals surface area (Å²) in [6, 6.07) is -0.193. The topological polar surface area (TPSA) is 108 Å². The smallest absolute Gasteiger partial charge is 0.279 e. The van der Waals surface area contributed by atoms with Gasteiger partial charge in [0.25, 0.3) is 10.2 Å². The number of rotatable bonds is 8. The highest BCUT2D eigenvalue weighted by atomic mass is 32.2. The first-order valence-corrected chi connectivity index (χ1v) is 7.37. The fraction of sp³-hybridized carbons (Fsp3) is 0.900. The number of oxime groups is 1. The summed E-state index contributed by atoms with van der Waals surface area (Å²) >= 11 is 0. The first-order valence-electron chi connectivity index (χ1n) is 5.93. The summed E-state index contributed by atoms with van der Waals surface area (Å²) in [5.74, 6) is 0.248. The largest absolute Gasteiger partial charge is 0.409 e. The second-order valence-corrected chi connectivity index (χ2v) is 6.50. The summed E-state index contributed by atoms with van der Waals surface area (Å²) in [5, 5.41) is 11.3. The van der Waals surface area contributed by atoms with E-state index < -0.39 is 10.2 Å². The van der Waals surface area contributed by atoms with Gasteiger partial charge in [-0.3, -0.25) is 0 Å². The molecule has 0 radical (unpaired) electrons. The molecule has 0 saturated heterocycles. The lowest BCUT2D eigenvalue weighted by atomic mass is 10.2. The van der Waals surface area contributed by atoms with Crippen LogP contribution in [0.1, 0.15) is 34.1 Å². The van der Waals surface area contributed by atoms with Gasteiger partial charge in [-0.1, -0.05) is 19.0 Å². The SMILES string of the molecule is CC(C)CNS(=O)(=O)N(CCC(N)=NO)C(C)C. The van der Waals surface area contributed by atoms with Gasteiger partial charge < -0.3 is 10.9 Å². The van der Waals surface area contributed by atoms with Crippen molar-refractivity contribution >= 4 is 16.0 Å². The van der Waals surface area contributed by atoms with Crippen molar-refractivity contribution < 1.29 is 13.6 Å². The Labute approximate surface area is 109 Å². The second kappa shape index (κ2) is 7.55. The molecule has 18 heavy (non-hydrogen) atoms. The van der Waals surface area contributed by atoms with Crippen LogP contribution in [-0.2, 0) is 10.2 Å². The number of hydrogen-bond acceptors (Lipinski definition) is 4. The summed E-state index contributed by atoms with van der Waals surface area (Å²) in [7, 11) is -3.53. The van der Waals surface area contributed by atoms with Crippen molar-refractivity contribution in [1.82, 2.24) is 9.03 Å². The van der Waals surface area contributed by atoms with Crippen LogP contribution in [-0.4, -0.2) is 42.9 Å². The predicted octanol–water partition coefficient (Wildman–Crippen LogP) is 0.324. The van der Waals surface area contributed by atoms with E-state index in [1.54, 1.807) is 13.8 Å². The van der Waals surface area contributed by atoms with E-state index in [9.17, 15) is 8.42 Å². The van der Waals surface area contributed by atoms with Crippen molar-refractivity contribution in [3.05, 3.63) is 0 Å². The van der Waals surface area contributed by atoms with Gasteiger partial charge in [0.1, 0.15) is 5.84 Å². The van der Waals surface area contributed by atoms with Gasteiger partial charge in [-0.05, 0) is 19.8 Å². The fourth-order valence-electron chi connectivity index (χ4n) is 1.29. The Morgan fingerprint density at radius 2 is 1.94 bits per heavy atom. The summed E-state index contributed by atoms with van der Waals surface area (Å²) in [4.78, 5) is 0. The van der Waals surface area contributed by atoms with Gasteiger partial charge in [-0.2, -0.15) is 12.7 Å². The van der Waals surface area contributed by atoms with Crippen LogP contribution in [0.5, 0.6) is 0 Å². The highest BCUT2D eigenvalue weighted by Gasteiger charge is 2.24. The van der Waals surface area contributed by atoms with E-state index >= 15 is 0 Å². The predicted molar refractivity (Wildman–Crippen MR) is 71.6 cm³/mol. The van der Waals surface area contributed by atoms with Crippen LogP contribution < -0.4 is 10.5 Å². The van der Waals surface area contributed by atoms with Crippen molar-refractivity contribution in [2.24, 2.45) is 16.8 Å². The second-order valence-electron chi connectivity index (χ2n) is 4.79. The van der Waals surface area contributed by atoms with Crippen LogP contribution in [0.2, 0.25) is 0 Å². The number of nitrogens with one attached hydrogen (secondary N) is 1. The molecule has 0 saturated carbocycles. The molecule has 0 aliphatic carbocycles. The molecule has 0 unspecified atom stereocenters. The van der Waals surface area contributed by atoms with Crippen molar-refractivity contribution in [2.75, 3.05) is 13.1 Å². The summed E-state index contributed by atoms with van der Waals surface area (Å²) in [6.07, 6.45) is 0.192. The number of nitrogens with two attached hydrogens (primary N) is 1. The summed E-state index contributed by atoms with van der Waals surface area (Å²) < 4.78 is 27.9. The molecular weight excluding hydrogens is 256 g/mol. The molecule has 0 bridgehead atoms. The van der Waals surface area contributed by atoms with E-state index in [0.717, 1.165) is 0 Å². The van der Waals surface area contributed by atoms with Gasteiger partial charge in [0.2, 0.25) is 0 Å². The molecule has 0 amide bonds. The van der Waals surface area contributed by atoms with E-state index in [-0.39, 0.29) is 30.8 Å². The molecule has 0 atom stereocenters. The molecule has 0 aromatic carbocycles. The van der Waals surface area contributed by atoms with Gasteiger partial charge in [0, 0.05) is 25.6 Å². The third-order valence-electron chi connectivity index (χ3n) is 2.28. The maximum absolute atomic E-state index is 12.0. The molecule has 7 nitrogen and oxygen atoms in total. The number of hydrogen-bond donors (Lipinski definition) is 3. The summed E-state index contributed by atoms with van der Waals surface area (Å²) in [5.41, 5.74) is 5.34. The molecule has 4 N–H and O–H groups in total.